The molecule has 0 aromatic heterocycles. The molecule has 0 radical (unpaired) electrons. The lowest BCUT2D eigenvalue weighted by molar-refractivity contribution is -0.140. The van der Waals surface area contributed by atoms with Gasteiger partial charge in [-0.15, -0.1) is 0 Å². The van der Waals surface area contributed by atoms with Crippen LogP contribution in [0.25, 0.3) is 0 Å². The first-order valence-corrected chi connectivity index (χ1v) is 6.82. The van der Waals surface area contributed by atoms with Crippen LogP contribution in [0.1, 0.15) is 24.2 Å². The number of halogens is 3. The van der Waals surface area contributed by atoms with Crippen molar-refractivity contribution in [1.29, 1.82) is 0 Å². The minimum Gasteiger partial charge on any atom is -0.480 e. The summed E-state index contributed by atoms with van der Waals surface area (Å²) < 4.78 is 37.3. The smallest absolute Gasteiger partial charge is 0.446 e. The molecule has 0 aliphatic rings. The van der Waals surface area contributed by atoms with Gasteiger partial charge in [0.25, 0.3) is 5.91 Å². The second-order valence-corrected chi connectivity index (χ2v) is 5.68. The first-order chi connectivity index (χ1) is 9.61. The monoisotopic (exact) mass is 321 g/mol. The van der Waals surface area contributed by atoms with E-state index >= 15 is 0 Å². The molecule has 0 saturated carbocycles. The van der Waals surface area contributed by atoms with Crippen LogP contribution < -0.4 is 5.32 Å². The lowest BCUT2D eigenvalue weighted by atomic mass is 10.0. The molecule has 0 saturated heterocycles. The number of carbonyl (C=O) groups is 2. The summed E-state index contributed by atoms with van der Waals surface area (Å²) in [4.78, 5) is 22.8. The van der Waals surface area contributed by atoms with Crippen molar-refractivity contribution in [2.75, 3.05) is 0 Å². The molecule has 0 aliphatic carbocycles. The van der Waals surface area contributed by atoms with Crippen molar-refractivity contribution in [3.63, 3.8) is 0 Å². The topological polar surface area (TPSA) is 66.4 Å². The molecule has 1 aromatic rings. The van der Waals surface area contributed by atoms with Gasteiger partial charge in [-0.2, -0.15) is 13.2 Å². The SMILES string of the molecule is CC(C)[C@H](NC(=O)c1ccccc1SC(F)(F)F)C(=O)O. The van der Waals surface area contributed by atoms with Crippen molar-refractivity contribution < 1.29 is 27.9 Å². The highest BCUT2D eigenvalue weighted by molar-refractivity contribution is 8.00. The van der Waals surface area contributed by atoms with Crippen molar-refractivity contribution in [2.24, 2.45) is 5.92 Å². The molecule has 2 N–H and O–H groups in total. The number of hydrogen-bond donors (Lipinski definition) is 2. The van der Waals surface area contributed by atoms with Crippen LogP contribution in [0.5, 0.6) is 0 Å². The molecule has 0 bridgehead atoms. The van der Waals surface area contributed by atoms with E-state index in [0.717, 1.165) is 6.07 Å². The number of carboxylic acids is 1. The first kappa shape index (κ1) is 17.4. The zero-order valence-corrected chi connectivity index (χ0v) is 12.1. The number of rotatable bonds is 5. The fraction of sp³-hybridized carbons (Fsp3) is 0.385. The van der Waals surface area contributed by atoms with Crippen LogP contribution >= 0.6 is 11.8 Å². The van der Waals surface area contributed by atoms with E-state index in [0.29, 0.717) is 0 Å². The van der Waals surface area contributed by atoms with Gasteiger partial charge in [0.05, 0.1) is 5.56 Å². The zero-order valence-electron chi connectivity index (χ0n) is 11.3. The Kier molecular flexibility index (Phi) is 5.65. The lowest BCUT2D eigenvalue weighted by Crippen LogP contribution is -2.44. The van der Waals surface area contributed by atoms with E-state index in [4.69, 9.17) is 5.11 Å². The van der Waals surface area contributed by atoms with Crippen molar-refractivity contribution >= 4 is 23.6 Å². The molecule has 4 nitrogen and oxygen atoms in total. The van der Waals surface area contributed by atoms with Crippen molar-refractivity contribution in [2.45, 2.75) is 30.3 Å². The van der Waals surface area contributed by atoms with E-state index in [2.05, 4.69) is 5.32 Å². The summed E-state index contributed by atoms with van der Waals surface area (Å²) in [6, 6.07) is 4.02. The molecule has 0 unspecified atom stereocenters. The van der Waals surface area contributed by atoms with Gasteiger partial charge < -0.3 is 10.4 Å². The first-order valence-electron chi connectivity index (χ1n) is 6.00. The maximum atomic E-state index is 12.4. The number of carbonyl (C=O) groups excluding carboxylic acids is 1. The molecule has 0 aliphatic heterocycles. The molecule has 21 heavy (non-hydrogen) atoms. The van der Waals surface area contributed by atoms with Crippen LogP contribution in [0.2, 0.25) is 0 Å². The molecular formula is C13H14F3NO3S. The summed E-state index contributed by atoms with van der Waals surface area (Å²) in [7, 11) is 0. The van der Waals surface area contributed by atoms with E-state index < -0.39 is 41.1 Å². The second-order valence-electron chi connectivity index (χ2n) is 4.58. The maximum absolute atomic E-state index is 12.4. The van der Waals surface area contributed by atoms with Crippen molar-refractivity contribution in [3.05, 3.63) is 29.8 Å². The Morgan fingerprint density at radius 2 is 1.81 bits per heavy atom. The van der Waals surface area contributed by atoms with Gasteiger partial charge in [0.1, 0.15) is 6.04 Å². The molecule has 0 spiro atoms. The molecule has 1 rings (SSSR count). The Balaban J connectivity index is 3.00. The van der Waals surface area contributed by atoms with Crippen LogP contribution in [0.15, 0.2) is 29.2 Å². The number of carboxylic acid groups (broad SMARTS) is 1. The summed E-state index contributed by atoms with van der Waals surface area (Å²) in [5, 5.41) is 11.2. The average molecular weight is 321 g/mol. The summed E-state index contributed by atoms with van der Waals surface area (Å²) in [5.41, 5.74) is -4.73. The fourth-order valence-electron chi connectivity index (χ4n) is 1.60. The van der Waals surface area contributed by atoms with Crippen LogP contribution in [0.4, 0.5) is 13.2 Å². The summed E-state index contributed by atoms with van der Waals surface area (Å²) in [6.45, 7) is 3.19. The summed E-state index contributed by atoms with van der Waals surface area (Å²) in [6.07, 6.45) is 0. The van der Waals surface area contributed by atoms with E-state index in [9.17, 15) is 22.8 Å². The summed E-state index contributed by atoms with van der Waals surface area (Å²) in [5.74, 6) is -2.48. The number of alkyl halides is 3. The van der Waals surface area contributed by atoms with Gasteiger partial charge in [0.15, 0.2) is 0 Å². The normalized spacial score (nSPS) is 13.0. The quantitative estimate of drug-likeness (QED) is 0.818. The third-order valence-electron chi connectivity index (χ3n) is 2.58. The van der Waals surface area contributed by atoms with E-state index in [1.54, 1.807) is 13.8 Å². The predicted molar refractivity (Wildman–Crippen MR) is 72.1 cm³/mol. The predicted octanol–water partition coefficient (Wildman–Crippen LogP) is 3.14. The molecular weight excluding hydrogens is 307 g/mol. The largest absolute Gasteiger partial charge is 0.480 e. The molecule has 1 aromatic carbocycles. The molecule has 0 heterocycles. The molecule has 1 amide bonds. The number of thioether (sulfide) groups is 1. The van der Waals surface area contributed by atoms with Crippen LogP contribution in [-0.2, 0) is 4.79 Å². The number of nitrogens with one attached hydrogen (secondary N) is 1. The number of aliphatic carboxylic acids is 1. The Morgan fingerprint density at radius 1 is 1.24 bits per heavy atom. The summed E-state index contributed by atoms with van der Waals surface area (Å²) >= 11 is -0.409. The maximum Gasteiger partial charge on any atom is 0.446 e. The Bertz CT molecular complexity index is 532. The number of hydrogen-bond acceptors (Lipinski definition) is 3. The highest BCUT2D eigenvalue weighted by atomic mass is 32.2. The average Bonchev–Trinajstić information content (AvgIpc) is 2.33. The Labute approximate surface area is 123 Å². The van der Waals surface area contributed by atoms with Crippen LogP contribution in [0.3, 0.4) is 0 Å². The van der Waals surface area contributed by atoms with Gasteiger partial charge in [-0.1, -0.05) is 26.0 Å². The van der Waals surface area contributed by atoms with Crippen molar-refractivity contribution in [3.8, 4) is 0 Å². The molecule has 8 heteroatoms. The highest BCUT2D eigenvalue weighted by Gasteiger charge is 2.32. The Hall–Kier alpha value is -1.70. The zero-order chi connectivity index (χ0) is 16.2. The second kappa shape index (κ2) is 6.84. The van der Waals surface area contributed by atoms with E-state index in [-0.39, 0.29) is 10.5 Å². The van der Waals surface area contributed by atoms with E-state index in [1.807, 2.05) is 0 Å². The minimum absolute atomic E-state index is 0.202. The number of amides is 1. The number of benzene rings is 1. The van der Waals surface area contributed by atoms with Gasteiger partial charge >= 0.3 is 11.5 Å². The molecule has 1 atom stereocenters. The van der Waals surface area contributed by atoms with Gasteiger partial charge in [-0.05, 0) is 29.8 Å². The van der Waals surface area contributed by atoms with Crippen LogP contribution in [0, 0.1) is 5.92 Å². The third-order valence-corrected chi connectivity index (χ3v) is 3.38. The highest BCUT2D eigenvalue weighted by Crippen LogP contribution is 2.38. The van der Waals surface area contributed by atoms with Gasteiger partial charge in [0, 0.05) is 4.90 Å². The van der Waals surface area contributed by atoms with Gasteiger partial charge in [0.2, 0.25) is 0 Å². The Morgan fingerprint density at radius 3 is 2.29 bits per heavy atom. The van der Waals surface area contributed by atoms with Crippen LogP contribution in [-0.4, -0.2) is 28.5 Å². The standard InChI is InChI=1S/C13H14F3NO3S/c1-7(2)10(12(19)20)17-11(18)8-5-3-4-6-9(8)21-13(14,15)16/h3-7,10H,1-2H3,(H,17,18)(H,19,20)/t10-/m0/s1. The lowest BCUT2D eigenvalue weighted by Gasteiger charge is -2.19. The fourth-order valence-corrected chi connectivity index (χ4v) is 2.27. The van der Waals surface area contributed by atoms with Gasteiger partial charge in [-0.25, -0.2) is 4.79 Å². The molecule has 116 valence electrons. The van der Waals surface area contributed by atoms with Gasteiger partial charge in [-0.3, -0.25) is 4.79 Å². The van der Waals surface area contributed by atoms with Crippen molar-refractivity contribution in [1.82, 2.24) is 5.32 Å². The molecule has 0 fully saturated rings. The minimum atomic E-state index is -4.53. The van der Waals surface area contributed by atoms with E-state index in [1.165, 1.54) is 18.2 Å². The third kappa shape index (κ3) is 5.30.